The van der Waals surface area contributed by atoms with E-state index in [1.165, 1.54) is 19.3 Å². The zero-order valence-corrected chi connectivity index (χ0v) is 14.5. The quantitative estimate of drug-likeness (QED) is 0.931. The number of hydrogen-bond acceptors (Lipinski definition) is 5. The molecule has 1 unspecified atom stereocenters. The standard InChI is InChI=1S/C19H25N5O/c25-19(23-15-6-2-1-3-7-15)14-5-4-10-24(13-14)16-11-17-18(22-12-16)21-9-8-20-17/h8-9,11-12,14-15H,1-7,10,13H2,(H,23,25). The molecule has 1 aliphatic carbocycles. The Balaban J connectivity index is 1.43. The maximum absolute atomic E-state index is 12.7. The summed E-state index contributed by atoms with van der Waals surface area (Å²) in [7, 11) is 0. The summed E-state index contributed by atoms with van der Waals surface area (Å²) in [5.74, 6) is 0.290. The summed E-state index contributed by atoms with van der Waals surface area (Å²) in [6.45, 7) is 1.71. The number of amides is 1. The van der Waals surface area contributed by atoms with Crippen LogP contribution in [0.15, 0.2) is 24.7 Å². The van der Waals surface area contributed by atoms with Gasteiger partial charge in [0.1, 0.15) is 5.52 Å². The Labute approximate surface area is 148 Å². The van der Waals surface area contributed by atoms with Gasteiger partial charge in [-0.15, -0.1) is 0 Å². The van der Waals surface area contributed by atoms with Gasteiger partial charge in [0.25, 0.3) is 0 Å². The Bertz CT molecular complexity index is 743. The lowest BCUT2D eigenvalue weighted by atomic mass is 9.93. The van der Waals surface area contributed by atoms with Crippen LogP contribution in [0, 0.1) is 5.92 Å². The van der Waals surface area contributed by atoms with Gasteiger partial charge in [-0.25, -0.2) is 9.97 Å². The summed E-state index contributed by atoms with van der Waals surface area (Å²) >= 11 is 0. The van der Waals surface area contributed by atoms with E-state index >= 15 is 0 Å². The SMILES string of the molecule is O=C(NC1CCCCC1)C1CCCN(c2cnc3nccnc3c2)C1. The fourth-order valence-corrected chi connectivity index (χ4v) is 4.01. The van der Waals surface area contributed by atoms with Crippen molar-refractivity contribution >= 4 is 22.8 Å². The van der Waals surface area contributed by atoms with Crippen molar-refractivity contribution in [2.45, 2.75) is 51.0 Å². The van der Waals surface area contributed by atoms with Crippen molar-refractivity contribution in [3.63, 3.8) is 0 Å². The van der Waals surface area contributed by atoms with E-state index in [4.69, 9.17) is 0 Å². The van der Waals surface area contributed by atoms with Gasteiger partial charge < -0.3 is 10.2 Å². The lowest BCUT2D eigenvalue weighted by Crippen LogP contribution is -2.46. The number of nitrogens with zero attached hydrogens (tertiary/aromatic N) is 4. The first-order valence-electron chi connectivity index (χ1n) is 9.42. The van der Waals surface area contributed by atoms with Crippen LogP contribution in [0.3, 0.4) is 0 Å². The number of nitrogens with one attached hydrogen (secondary N) is 1. The number of carbonyl (C=O) groups is 1. The Morgan fingerprint density at radius 1 is 1.04 bits per heavy atom. The molecule has 2 aromatic heterocycles. The average Bonchev–Trinajstić information content (AvgIpc) is 2.68. The summed E-state index contributed by atoms with van der Waals surface area (Å²) in [6, 6.07) is 2.41. The number of carbonyl (C=O) groups excluding carboxylic acids is 1. The Morgan fingerprint density at radius 2 is 1.88 bits per heavy atom. The number of pyridine rings is 1. The van der Waals surface area contributed by atoms with Crippen molar-refractivity contribution in [2.24, 2.45) is 5.92 Å². The zero-order valence-electron chi connectivity index (χ0n) is 14.5. The van der Waals surface area contributed by atoms with Crippen molar-refractivity contribution in [2.75, 3.05) is 18.0 Å². The third-order valence-corrected chi connectivity index (χ3v) is 5.42. The van der Waals surface area contributed by atoms with Gasteiger partial charge in [0.05, 0.1) is 17.8 Å². The third-order valence-electron chi connectivity index (χ3n) is 5.42. The Kier molecular flexibility index (Phi) is 4.76. The highest BCUT2D eigenvalue weighted by molar-refractivity contribution is 5.80. The topological polar surface area (TPSA) is 71.0 Å². The van der Waals surface area contributed by atoms with E-state index in [2.05, 4.69) is 25.2 Å². The summed E-state index contributed by atoms with van der Waals surface area (Å²) in [5, 5.41) is 3.29. The molecule has 0 bridgehead atoms. The van der Waals surface area contributed by atoms with Crippen molar-refractivity contribution < 1.29 is 4.79 Å². The molecule has 0 spiro atoms. The minimum atomic E-state index is 0.0632. The maximum atomic E-state index is 12.7. The fraction of sp³-hybridized carbons (Fsp3) is 0.579. The molecule has 2 aliphatic rings. The van der Waals surface area contributed by atoms with Crippen molar-refractivity contribution in [1.82, 2.24) is 20.3 Å². The van der Waals surface area contributed by atoms with Crippen LogP contribution in [-0.2, 0) is 4.79 Å². The summed E-state index contributed by atoms with van der Waals surface area (Å²) < 4.78 is 0. The van der Waals surface area contributed by atoms with E-state index in [9.17, 15) is 4.79 Å². The predicted molar refractivity (Wildman–Crippen MR) is 97.3 cm³/mol. The van der Waals surface area contributed by atoms with Crippen LogP contribution >= 0.6 is 0 Å². The van der Waals surface area contributed by atoms with Crippen molar-refractivity contribution in [3.05, 3.63) is 24.7 Å². The lowest BCUT2D eigenvalue weighted by Gasteiger charge is -2.34. The molecule has 4 rings (SSSR count). The van der Waals surface area contributed by atoms with Gasteiger partial charge in [0.2, 0.25) is 5.91 Å². The number of rotatable bonds is 3. The molecule has 1 atom stereocenters. The van der Waals surface area contributed by atoms with Crippen molar-refractivity contribution in [3.8, 4) is 0 Å². The maximum Gasteiger partial charge on any atom is 0.225 e. The smallest absolute Gasteiger partial charge is 0.225 e. The van der Waals surface area contributed by atoms with Crippen molar-refractivity contribution in [1.29, 1.82) is 0 Å². The van der Waals surface area contributed by atoms with Gasteiger partial charge >= 0.3 is 0 Å². The van der Waals surface area contributed by atoms with E-state index in [-0.39, 0.29) is 11.8 Å². The van der Waals surface area contributed by atoms with E-state index in [0.717, 1.165) is 50.0 Å². The highest BCUT2D eigenvalue weighted by Gasteiger charge is 2.28. The molecule has 1 N–H and O–H groups in total. The largest absolute Gasteiger partial charge is 0.369 e. The Morgan fingerprint density at radius 3 is 2.76 bits per heavy atom. The predicted octanol–water partition coefficient (Wildman–Crippen LogP) is 2.69. The molecule has 132 valence electrons. The molecule has 0 aromatic carbocycles. The monoisotopic (exact) mass is 339 g/mol. The van der Waals surface area contributed by atoms with E-state index in [1.807, 2.05) is 12.3 Å². The third kappa shape index (κ3) is 3.72. The molecule has 2 aromatic rings. The second-order valence-corrected chi connectivity index (χ2v) is 7.22. The summed E-state index contributed by atoms with van der Waals surface area (Å²) in [6.07, 6.45) is 13.2. The van der Waals surface area contributed by atoms with Gasteiger partial charge in [-0.1, -0.05) is 19.3 Å². The molecule has 1 amide bonds. The van der Waals surface area contributed by atoms with Crippen LogP contribution in [-0.4, -0.2) is 40.0 Å². The summed E-state index contributed by atoms with van der Waals surface area (Å²) in [5.41, 5.74) is 2.49. The molecule has 1 saturated heterocycles. The molecule has 0 radical (unpaired) electrons. The number of piperidine rings is 1. The van der Waals surface area contributed by atoms with Gasteiger partial charge in [-0.2, -0.15) is 0 Å². The molecule has 1 saturated carbocycles. The summed E-state index contributed by atoms with van der Waals surface area (Å²) in [4.78, 5) is 27.9. The number of hydrogen-bond donors (Lipinski definition) is 1. The molecule has 2 fully saturated rings. The Hall–Kier alpha value is -2.24. The lowest BCUT2D eigenvalue weighted by molar-refractivity contribution is -0.126. The normalized spacial score (nSPS) is 22.1. The molecule has 3 heterocycles. The molecule has 1 aliphatic heterocycles. The highest BCUT2D eigenvalue weighted by Crippen LogP contribution is 2.25. The van der Waals surface area contributed by atoms with Crippen LogP contribution in [0.2, 0.25) is 0 Å². The van der Waals surface area contributed by atoms with Crippen LogP contribution in [0.5, 0.6) is 0 Å². The first-order valence-corrected chi connectivity index (χ1v) is 9.42. The minimum absolute atomic E-state index is 0.0632. The van der Waals surface area contributed by atoms with Crippen LogP contribution in [0.1, 0.15) is 44.9 Å². The van der Waals surface area contributed by atoms with E-state index < -0.39 is 0 Å². The van der Waals surface area contributed by atoms with Gasteiger partial charge in [-0.3, -0.25) is 9.78 Å². The van der Waals surface area contributed by atoms with Crippen LogP contribution < -0.4 is 10.2 Å². The van der Waals surface area contributed by atoms with Crippen LogP contribution in [0.4, 0.5) is 5.69 Å². The molecular formula is C19H25N5O. The number of fused-ring (bicyclic) bond motifs is 1. The molecule has 25 heavy (non-hydrogen) atoms. The minimum Gasteiger partial charge on any atom is -0.369 e. The van der Waals surface area contributed by atoms with Crippen LogP contribution in [0.25, 0.3) is 11.2 Å². The molecule has 6 heteroatoms. The van der Waals surface area contributed by atoms with E-state index in [0.29, 0.717) is 11.7 Å². The number of anilines is 1. The first-order chi connectivity index (χ1) is 12.3. The zero-order chi connectivity index (χ0) is 17.1. The fourth-order valence-electron chi connectivity index (χ4n) is 4.01. The average molecular weight is 339 g/mol. The molecular weight excluding hydrogens is 314 g/mol. The second-order valence-electron chi connectivity index (χ2n) is 7.22. The first kappa shape index (κ1) is 16.2. The second kappa shape index (κ2) is 7.33. The van der Waals surface area contributed by atoms with Gasteiger partial charge in [-0.05, 0) is 31.7 Å². The van der Waals surface area contributed by atoms with E-state index in [1.54, 1.807) is 12.4 Å². The number of aromatic nitrogens is 3. The van der Waals surface area contributed by atoms with Gasteiger partial charge in [0.15, 0.2) is 5.65 Å². The van der Waals surface area contributed by atoms with Gasteiger partial charge in [0, 0.05) is 31.5 Å². The highest BCUT2D eigenvalue weighted by atomic mass is 16.2. The molecule has 6 nitrogen and oxygen atoms in total.